The van der Waals surface area contributed by atoms with Gasteiger partial charge in [0.15, 0.2) is 5.69 Å². The lowest BCUT2D eigenvalue weighted by Gasteiger charge is -2.26. The summed E-state index contributed by atoms with van der Waals surface area (Å²) < 4.78 is 7.40. The normalized spacial score (nSPS) is 18.5. The molecule has 0 bridgehead atoms. The van der Waals surface area contributed by atoms with Crippen LogP contribution in [-0.4, -0.2) is 37.3 Å². The number of rotatable bonds is 2. The largest absolute Gasteiger partial charge is 0.423 e. The number of likely N-dealkylation sites (tertiary alicyclic amines) is 1. The highest BCUT2D eigenvalue weighted by Gasteiger charge is 2.33. The van der Waals surface area contributed by atoms with Crippen LogP contribution in [0, 0.1) is 6.92 Å². The lowest BCUT2D eigenvalue weighted by Crippen LogP contribution is -2.35. The molecule has 1 aromatic carbocycles. The molecule has 0 radical (unpaired) electrons. The second kappa shape index (κ2) is 6.31. The molecule has 1 saturated heterocycles. The first kappa shape index (κ1) is 15.8. The number of fused-ring (bicyclic) bond motifs is 1. The van der Waals surface area contributed by atoms with Crippen molar-refractivity contribution in [1.82, 2.24) is 24.9 Å². The molecule has 7 nitrogen and oxygen atoms in total. The number of aromatic nitrogens is 4. The van der Waals surface area contributed by atoms with Crippen LogP contribution in [0.15, 0.2) is 28.7 Å². The number of nitrogens with zero attached hydrogens (tertiary/aromatic N) is 5. The van der Waals surface area contributed by atoms with E-state index in [-0.39, 0.29) is 11.9 Å². The summed E-state index contributed by atoms with van der Waals surface area (Å²) in [4.78, 5) is 15.2. The molecule has 0 spiro atoms. The van der Waals surface area contributed by atoms with Gasteiger partial charge in [-0.2, -0.15) is 5.10 Å². The van der Waals surface area contributed by atoms with Gasteiger partial charge in [0, 0.05) is 25.9 Å². The number of hydrogen-bond donors (Lipinski definition) is 0. The van der Waals surface area contributed by atoms with Gasteiger partial charge in [-0.3, -0.25) is 9.48 Å². The first-order chi connectivity index (χ1) is 12.1. The van der Waals surface area contributed by atoms with Crippen LogP contribution in [0.1, 0.15) is 54.0 Å². The molecule has 4 rings (SSSR count). The van der Waals surface area contributed by atoms with Crippen molar-refractivity contribution in [2.75, 3.05) is 6.54 Å². The van der Waals surface area contributed by atoms with Crippen LogP contribution in [0.2, 0.25) is 0 Å². The molecule has 7 heteroatoms. The molecular formula is C18H21N5O2. The molecule has 25 heavy (non-hydrogen) atoms. The van der Waals surface area contributed by atoms with Crippen molar-refractivity contribution >= 4 is 16.8 Å². The van der Waals surface area contributed by atoms with Crippen molar-refractivity contribution in [1.29, 1.82) is 0 Å². The van der Waals surface area contributed by atoms with E-state index in [1.165, 1.54) is 0 Å². The van der Waals surface area contributed by atoms with Gasteiger partial charge in [-0.15, -0.1) is 10.2 Å². The maximum absolute atomic E-state index is 13.3. The average molecular weight is 339 g/mol. The van der Waals surface area contributed by atoms with Gasteiger partial charge in [-0.05, 0) is 18.9 Å². The Labute approximate surface area is 145 Å². The summed E-state index contributed by atoms with van der Waals surface area (Å²) in [7, 11) is 1.86. The summed E-state index contributed by atoms with van der Waals surface area (Å²) in [6, 6.07) is 7.62. The van der Waals surface area contributed by atoms with Crippen LogP contribution >= 0.6 is 0 Å². The topological polar surface area (TPSA) is 77.1 Å². The van der Waals surface area contributed by atoms with Crippen LogP contribution in [0.4, 0.5) is 0 Å². The van der Waals surface area contributed by atoms with Crippen molar-refractivity contribution in [2.45, 2.75) is 38.6 Å². The maximum Gasteiger partial charge on any atom is 0.275 e. The van der Waals surface area contributed by atoms with Gasteiger partial charge in [0.1, 0.15) is 6.04 Å². The Balaban J connectivity index is 1.75. The van der Waals surface area contributed by atoms with E-state index in [0.717, 1.165) is 36.6 Å². The van der Waals surface area contributed by atoms with Crippen LogP contribution in [0.5, 0.6) is 0 Å². The second-order valence-electron chi connectivity index (χ2n) is 6.51. The van der Waals surface area contributed by atoms with Gasteiger partial charge < -0.3 is 9.32 Å². The number of carbonyl (C=O) groups excluding carboxylic acids is 1. The molecule has 1 amide bonds. The molecular weight excluding hydrogens is 318 g/mol. The van der Waals surface area contributed by atoms with Gasteiger partial charge in [0.05, 0.1) is 5.52 Å². The Morgan fingerprint density at radius 2 is 2.04 bits per heavy atom. The molecule has 2 aromatic heterocycles. The standard InChI is InChI=1S/C18H21N5O2/c1-12-19-20-17(25-12)15-10-4-3-7-11-23(15)18(24)16-13-8-5-6-9-14(13)22(2)21-16/h5-6,8-9,15H,3-4,7,10-11H2,1-2H3. The number of carbonyl (C=O) groups is 1. The van der Waals surface area contributed by atoms with E-state index in [4.69, 9.17) is 4.42 Å². The summed E-state index contributed by atoms with van der Waals surface area (Å²) >= 11 is 0. The predicted octanol–water partition coefficient (Wildman–Crippen LogP) is 3.02. The summed E-state index contributed by atoms with van der Waals surface area (Å²) in [6.45, 7) is 2.45. The Kier molecular flexibility index (Phi) is 3.99. The van der Waals surface area contributed by atoms with Crippen molar-refractivity contribution in [3.63, 3.8) is 0 Å². The van der Waals surface area contributed by atoms with E-state index in [9.17, 15) is 4.79 Å². The van der Waals surface area contributed by atoms with E-state index in [2.05, 4.69) is 15.3 Å². The first-order valence-corrected chi connectivity index (χ1v) is 8.68. The van der Waals surface area contributed by atoms with Gasteiger partial charge in [0.25, 0.3) is 5.91 Å². The molecule has 130 valence electrons. The lowest BCUT2D eigenvalue weighted by molar-refractivity contribution is 0.0646. The summed E-state index contributed by atoms with van der Waals surface area (Å²) in [5.74, 6) is 0.975. The smallest absolute Gasteiger partial charge is 0.275 e. The molecule has 3 heterocycles. The zero-order chi connectivity index (χ0) is 17.4. The first-order valence-electron chi connectivity index (χ1n) is 8.68. The molecule has 1 aliphatic rings. The average Bonchev–Trinajstić information content (AvgIpc) is 3.09. The second-order valence-corrected chi connectivity index (χ2v) is 6.51. The Morgan fingerprint density at radius 1 is 1.20 bits per heavy atom. The van der Waals surface area contributed by atoms with Crippen LogP contribution < -0.4 is 0 Å². The number of hydrogen-bond acceptors (Lipinski definition) is 5. The SMILES string of the molecule is Cc1nnc(C2CCCCCN2C(=O)c2nn(C)c3ccccc23)o1. The van der Waals surface area contributed by atoms with Crippen LogP contribution in [0.25, 0.3) is 10.9 Å². The van der Waals surface area contributed by atoms with Crippen molar-refractivity contribution in [2.24, 2.45) is 7.05 Å². The summed E-state index contributed by atoms with van der Waals surface area (Å²) in [6.07, 6.45) is 3.94. The third-order valence-corrected chi connectivity index (χ3v) is 4.80. The van der Waals surface area contributed by atoms with Gasteiger partial charge in [-0.1, -0.05) is 31.0 Å². The number of para-hydroxylation sites is 1. The van der Waals surface area contributed by atoms with Gasteiger partial charge in [-0.25, -0.2) is 0 Å². The molecule has 1 aliphatic heterocycles. The van der Waals surface area contributed by atoms with Crippen molar-refractivity contribution in [3.05, 3.63) is 41.7 Å². The Hall–Kier alpha value is -2.70. The van der Waals surface area contributed by atoms with Gasteiger partial charge >= 0.3 is 0 Å². The van der Waals surface area contributed by atoms with E-state index < -0.39 is 0 Å². The molecule has 0 aliphatic carbocycles. The molecule has 3 aromatic rings. The maximum atomic E-state index is 13.3. The van der Waals surface area contributed by atoms with Crippen LogP contribution in [-0.2, 0) is 7.05 Å². The fourth-order valence-corrected chi connectivity index (χ4v) is 3.56. The molecule has 1 fully saturated rings. The highest BCUT2D eigenvalue weighted by atomic mass is 16.4. The van der Waals surface area contributed by atoms with Gasteiger partial charge in [0.2, 0.25) is 11.8 Å². The minimum absolute atomic E-state index is 0.0699. The Bertz CT molecular complexity index is 913. The summed E-state index contributed by atoms with van der Waals surface area (Å²) in [5, 5.41) is 13.5. The highest BCUT2D eigenvalue weighted by molar-refractivity contribution is 6.05. The molecule has 1 atom stereocenters. The molecule has 0 saturated carbocycles. The third kappa shape index (κ3) is 2.79. The third-order valence-electron chi connectivity index (χ3n) is 4.80. The molecule has 0 N–H and O–H groups in total. The number of benzene rings is 1. The Morgan fingerprint density at radius 3 is 2.84 bits per heavy atom. The minimum Gasteiger partial charge on any atom is -0.423 e. The minimum atomic E-state index is -0.183. The fraction of sp³-hybridized carbons (Fsp3) is 0.444. The predicted molar refractivity (Wildman–Crippen MR) is 92.0 cm³/mol. The van der Waals surface area contributed by atoms with Crippen molar-refractivity contribution in [3.8, 4) is 0 Å². The van der Waals surface area contributed by atoms with E-state index in [0.29, 0.717) is 24.0 Å². The lowest BCUT2D eigenvalue weighted by atomic mass is 10.1. The number of aryl methyl sites for hydroxylation is 2. The zero-order valence-electron chi connectivity index (χ0n) is 14.5. The van der Waals surface area contributed by atoms with E-state index in [1.54, 1.807) is 11.6 Å². The van der Waals surface area contributed by atoms with E-state index in [1.807, 2.05) is 36.2 Å². The monoisotopic (exact) mass is 339 g/mol. The zero-order valence-corrected chi connectivity index (χ0v) is 14.5. The van der Waals surface area contributed by atoms with E-state index >= 15 is 0 Å². The fourth-order valence-electron chi connectivity index (χ4n) is 3.56. The number of amides is 1. The van der Waals surface area contributed by atoms with Crippen LogP contribution in [0.3, 0.4) is 0 Å². The summed E-state index contributed by atoms with van der Waals surface area (Å²) in [5.41, 5.74) is 1.44. The quantitative estimate of drug-likeness (QED) is 0.717. The molecule has 1 unspecified atom stereocenters. The highest BCUT2D eigenvalue weighted by Crippen LogP contribution is 2.31. The van der Waals surface area contributed by atoms with Crippen molar-refractivity contribution < 1.29 is 9.21 Å².